The van der Waals surface area contributed by atoms with Crippen molar-refractivity contribution in [1.82, 2.24) is 9.38 Å². The maximum atomic E-state index is 11.4. The summed E-state index contributed by atoms with van der Waals surface area (Å²) in [5.74, 6) is 1.25. The van der Waals surface area contributed by atoms with Gasteiger partial charge in [0.25, 0.3) is 0 Å². The van der Waals surface area contributed by atoms with Gasteiger partial charge < -0.3 is 9.64 Å². The van der Waals surface area contributed by atoms with Crippen molar-refractivity contribution in [3.8, 4) is 0 Å². The van der Waals surface area contributed by atoms with Crippen LogP contribution in [-0.2, 0) is 4.74 Å². The van der Waals surface area contributed by atoms with Crippen LogP contribution in [0.1, 0.15) is 24.3 Å². The summed E-state index contributed by atoms with van der Waals surface area (Å²) in [7, 11) is 1.68. The number of carbonyl (C=O) groups excluding carboxylic acids is 1. The predicted octanol–water partition coefficient (Wildman–Crippen LogP) is 2.32. The number of thiazole rings is 1. The van der Waals surface area contributed by atoms with Crippen LogP contribution in [0.3, 0.4) is 0 Å². The fourth-order valence-corrected chi connectivity index (χ4v) is 2.78. The molecule has 2 rings (SSSR count). The molecule has 0 aliphatic carbocycles. The maximum absolute atomic E-state index is 11.4. The zero-order valence-corrected chi connectivity index (χ0v) is 12.3. The van der Waals surface area contributed by atoms with Crippen LogP contribution in [0.5, 0.6) is 0 Å². The van der Waals surface area contributed by atoms with E-state index < -0.39 is 0 Å². The van der Waals surface area contributed by atoms with Crippen LogP contribution >= 0.6 is 11.3 Å². The molecular weight excluding hydrogens is 262 g/mol. The number of ether oxygens (including phenoxy) is 1. The molecule has 0 amide bonds. The smallest absolute Gasteiger partial charge is 0.196 e. The Morgan fingerprint density at radius 2 is 2.37 bits per heavy atom. The van der Waals surface area contributed by atoms with Gasteiger partial charge in [-0.3, -0.25) is 9.20 Å². The first-order valence-electron chi connectivity index (χ1n) is 6.32. The molecule has 0 N–H and O–H groups in total. The number of imidazole rings is 1. The lowest BCUT2D eigenvalue weighted by Gasteiger charge is -2.24. The highest BCUT2D eigenvalue weighted by Gasteiger charge is 2.19. The quantitative estimate of drug-likeness (QED) is 0.731. The van der Waals surface area contributed by atoms with Crippen molar-refractivity contribution in [3.63, 3.8) is 0 Å². The lowest BCUT2D eigenvalue weighted by Crippen LogP contribution is -2.32. The average molecular weight is 281 g/mol. The molecule has 0 saturated carbocycles. The highest BCUT2D eigenvalue weighted by Crippen LogP contribution is 2.24. The molecular formula is C13H19N3O2S. The molecule has 0 aliphatic heterocycles. The van der Waals surface area contributed by atoms with Gasteiger partial charge in [-0.25, -0.2) is 4.98 Å². The summed E-state index contributed by atoms with van der Waals surface area (Å²) in [5, 5.41) is 1.93. The third-order valence-corrected chi connectivity index (χ3v) is 3.60. The molecule has 0 aliphatic rings. The van der Waals surface area contributed by atoms with Gasteiger partial charge in [-0.15, -0.1) is 11.3 Å². The van der Waals surface area contributed by atoms with E-state index in [1.807, 2.05) is 16.0 Å². The van der Waals surface area contributed by atoms with Crippen molar-refractivity contribution in [3.05, 3.63) is 17.3 Å². The minimum absolute atomic E-state index is 0.496. The molecule has 0 fully saturated rings. The van der Waals surface area contributed by atoms with Crippen molar-refractivity contribution >= 4 is 28.4 Å². The van der Waals surface area contributed by atoms with Gasteiger partial charge >= 0.3 is 0 Å². The van der Waals surface area contributed by atoms with Crippen LogP contribution in [0, 0.1) is 5.92 Å². The summed E-state index contributed by atoms with van der Waals surface area (Å²) < 4.78 is 6.98. The Hall–Kier alpha value is -1.40. The number of nitrogens with zero attached hydrogens (tertiary/aromatic N) is 3. The molecule has 2 aromatic rings. The van der Waals surface area contributed by atoms with Gasteiger partial charge in [0.1, 0.15) is 5.69 Å². The molecule has 0 aromatic carbocycles. The summed E-state index contributed by atoms with van der Waals surface area (Å²) in [5.41, 5.74) is 0.619. The predicted molar refractivity (Wildman–Crippen MR) is 77.4 cm³/mol. The van der Waals surface area contributed by atoms with E-state index in [0.29, 0.717) is 18.2 Å². The molecule has 2 aromatic heterocycles. The first kappa shape index (κ1) is 14.0. The number of hydrogen-bond acceptors (Lipinski definition) is 5. The van der Waals surface area contributed by atoms with E-state index >= 15 is 0 Å². The highest BCUT2D eigenvalue weighted by atomic mass is 32.1. The third-order valence-electron chi connectivity index (χ3n) is 2.84. The van der Waals surface area contributed by atoms with Gasteiger partial charge in [0.2, 0.25) is 0 Å². The molecule has 0 saturated heterocycles. The number of rotatable bonds is 7. The molecule has 0 unspecified atom stereocenters. The second-order valence-corrected chi connectivity index (χ2v) is 5.70. The van der Waals surface area contributed by atoms with E-state index in [2.05, 4.69) is 23.7 Å². The van der Waals surface area contributed by atoms with E-state index in [1.165, 1.54) is 11.3 Å². The SMILES string of the molecule is COCCN(CC(C)C)c1nc2sccn2c1C=O. The van der Waals surface area contributed by atoms with Crippen LogP contribution in [0.4, 0.5) is 5.82 Å². The minimum Gasteiger partial charge on any atom is -0.383 e. The molecule has 0 radical (unpaired) electrons. The zero-order valence-electron chi connectivity index (χ0n) is 11.5. The topological polar surface area (TPSA) is 46.8 Å². The lowest BCUT2D eigenvalue weighted by molar-refractivity contribution is 0.111. The van der Waals surface area contributed by atoms with E-state index in [-0.39, 0.29) is 0 Å². The largest absolute Gasteiger partial charge is 0.383 e. The summed E-state index contributed by atoms with van der Waals surface area (Å²) in [4.78, 5) is 18.9. The summed E-state index contributed by atoms with van der Waals surface area (Å²) in [6.07, 6.45) is 2.76. The van der Waals surface area contributed by atoms with Gasteiger partial charge in [0.05, 0.1) is 6.61 Å². The molecule has 0 bridgehead atoms. The lowest BCUT2D eigenvalue weighted by atomic mass is 10.2. The molecule has 104 valence electrons. The third kappa shape index (κ3) is 2.96. The monoisotopic (exact) mass is 281 g/mol. The van der Waals surface area contributed by atoms with Crippen molar-refractivity contribution < 1.29 is 9.53 Å². The van der Waals surface area contributed by atoms with E-state index in [1.54, 1.807) is 7.11 Å². The van der Waals surface area contributed by atoms with E-state index in [0.717, 1.165) is 30.2 Å². The zero-order chi connectivity index (χ0) is 13.8. The average Bonchev–Trinajstić information content (AvgIpc) is 2.93. The van der Waals surface area contributed by atoms with Gasteiger partial charge in [-0.05, 0) is 5.92 Å². The first-order valence-corrected chi connectivity index (χ1v) is 7.20. The Labute approximate surface area is 116 Å². The normalized spacial score (nSPS) is 11.4. The number of fused-ring (bicyclic) bond motifs is 1. The second-order valence-electron chi connectivity index (χ2n) is 4.83. The number of aldehydes is 1. The highest BCUT2D eigenvalue weighted by molar-refractivity contribution is 7.15. The van der Waals surface area contributed by atoms with Gasteiger partial charge in [0, 0.05) is 31.8 Å². The number of anilines is 1. The summed E-state index contributed by atoms with van der Waals surface area (Å²) in [6.45, 7) is 6.52. The summed E-state index contributed by atoms with van der Waals surface area (Å²) in [6, 6.07) is 0. The Balaban J connectivity index is 2.36. The van der Waals surface area contributed by atoms with Crippen LogP contribution in [0.15, 0.2) is 11.6 Å². The Morgan fingerprint density at radius 3 is 3.00 bits per heavy atom. The van der Waals surface area contributed by atoms with Crippen LogP contribution < -0.4 is 4.90 Å². The Kier molecular flexibility index (Phi) is 4.55. The fraction of sp³-hybridized carbons (Fsp3) is 0.538. The van der Waals surface area contributed by atoms with E-state index in [4.69, 9.17) is 4.74 Å². The first-order chi connectivity index (χ1) is 9.17. The maximum Gasteiger partial charge on any atom is 0.196 e. The van der Waals surface area contributed by atoms with Crippen molar-refractivity contribution in [1.29, 1.82) is 0 Å². The van der Waals surface area contributed by atoms with Crippen LogP contribution in [0.2, 0.25) is 0 Å². The second kappa shape index (κ2) is 6.16. The Morgan fingerprint density at radius 1 is 1.58 bits per heavy atom. The standard InChI is InChI=1S/C13H19N3O2S/c1-10(2)8-15(4-6-18-3)12-11(9-17)16-5-7-19-13(16)14-12/h5,7,9-10H,4,6,8H2,1-3H3. The van der Waals surface area contributed by atoms with Crippen LogP contribution in [0.25, 0.3) is 4.96 Å². The molecule has 6 heteroatoms. The van der Waals surface area contributed by atoms with Gasteiger partial charge in [0.15, 0.2) is 17.1 Å². The van der Waals surface area contributed by atoms with Crippen LogP contribution in [-0.4, -0.2) is 42.5 Å². The van der Waals surface area contributed by atoms with Crippen molar-refractivity contribution in [2.24, 2.45) is 5.92 Å². The van der Waals surface area contributed by atoms with Gasteiger partial charge in [-0.2, -0.15) is 0 Å². The van der Waals surface area contributed by atoms with Crippen molar-refractivity contribution in [2.45, 2.75) is 13.8 Å². The number of aromatic nitrogens is 2. The van der Waals surface area contributed by atoms with Gasteiger partial charge in [-0.1, -0.05) is 13.8 Å². The molecule has 0 spiro atoms. The van der Waals surface area contributed by atoms with Crippen molar-refractivity contribution in [2.75, 3.05) is 31.7 Å². The molecule has 0 atom stereocenters. The number of carbonyl (C=O) groups is 1. The van der Waals surface area contributed by atoms with E-state index in [9.17, 15) is 4.79 Å². The summed E-state index contributed by atoms with van der Waals surface area (Å²) >= 11 is 1.53. The Bertz CT molecular complexity index is 547. The minimum atomic E-state index is 0.496. The molecule has 2 heterocycles. The fourth-order valence-electron chi connectivity index (χ4n) is 2.06. The number of hydrogen-bond donors (Lipinski definition) is 0. The molecule has 5 nitrogen and oxygen atoms in total. The number of methoxy groups -OCH3 is 1. The molecule has 19 heavy (non-hydrogen) atoms.